The van der Waals surface area contributed by atoms with Crippen LogP contribution in [0.2, 0.25) is 0 Å². The lowest BCUT2D eigenvalue weighted by Gasteiger charge is -2.45. The summed E-state index contributed by atoms with van der Waals surface area (Å²) in [6, 6.07) is 2.76. The Hall–Kier alpha value is -0.630. The van der Waals surface area contributed by atoms with E-state index >= 15 is 0 Å². The molecule has 0 aromatic heterocycles. The summed E-state index contributed by atoms with van der Waals surface area (Å²) < 4.78 is 0. The Balaban J connectivity index is 2.48. The third-order valence-electron chi connectivity index (χ3n) is 2.57. The molecule has 4 heteroatoms. The van der Waals surface area contributed by atoms with Gasteiger partial charge < -0.3 is 10.9 Å². The first-order chi connectivity index (χ1) is 6.15. The second kappa shape index (κ2) is 4.56. The van der Waals surface area contributed by atoms with Gasteiger partial charge in [0, 0.05) is 25.2 Å². The van der Waals surface area contributed by atoms with Crippen LogP contribution in [0.4, 0.5) is 0 Å². The molecule has 0 amide bonds. The fourth-order valence-electron chi connectivity index (χ4n) is 1.63. The molecule has 0 bridgehead atoms. The average molecular weight is 181 g/mol. The topological polar surface area (TPSA) is 54.1 Å². The predicted octanol–water partition coefficient (Wildman–Crippen LogP) is 1.26. The molecular weight excluding hydrogens is 164 g/mol. The summed E-state index contributed by atoms with van der Waals surface area (Å²) in [5.41, 5.74) is 0. The van der Waals surface area contributed by atoms with Crippen molar-refractivity contribution in [3.05, 3.63) is 5.84 Å². The Morgan fingerprint density at radius 3 is 2.77 bits per heavy atom. The quantitative estimate of drug-likeness (QED) is 0.644. The highest BCUT2D eigenvalue weighted by atomic mass is 15.5. The van der Waals surface area contributed by atoms with Crippen molar-refractivity contribution in [3.63, 3.8) is 0 Å². The van der Waals surface area contributed by atoms with Crippen molar-refractivity contribution in [1.82, 2.24) is 9.91 Å². The predicted molar refractivity (Wildman–Crippen MR) is 51.8 cm³/mol. The highest BCUT2D eigenvalue weighted by molar-refractivity contribution is 4.89. The van der Waals surface area contributed by atoms with Crippen LogP contribution in [0, 0.1) is 11.3 Å². The Labute approximate surface area is 79.9 Å². The molecule has 0 spiro atoms. The molecule has 0 unspecified atom stereocenters. The minimum absolute atomic E-state index is 0.0983. The molecule has 0 aromatic rings. The molecule has 1 rings (SSSR count). The summed E-state index contributed by atoms with van der Waals surface area (Å²) in [5.74, 6) is 7.62. The molecule has 0 aromatic carbocycles. The minimum atomic E-state index is 0.0983. The highest BCUT2D eigenvalue weighted by Gasteiger charge is 2.22. The van der Waals surface area contributed by atoms with E-state index in [1.807, 2.05) is 0 Å². The fraction of sp³-hybridized carbons (Fsp3) is 0.889. The second-order valence-electron chi connectivity index (χ2n) is 3.80. The molecule has 0 saturated carbocycles. The summed E-state index contributed by atoms with van der Waals surface area (Å²) >= 11 is 0. The van der Waals surface area contributed by atoms with E-state index in [9.17, 15) is 0 Å². The molecule has 13 heavy (non-hydrogen) atoms. The van der Waals surface area contributed by atoms with Gasteiger partial charge in [-0.1, -0.05) is 0 Å². The molecule has 4 nitrogen and oxygen atoms in total. The summed E-state index contributed by atoms with van der Waals surface area (Å²) in [7, 11) is 0. The van der Waals surface area contributed by atoms with Crippen LogP contribution in [0.1, 0.15) is 20.3 Å². The summed E-state index contributed by atoms with van der Waals surface area (Å²) in [5, 5.41) is 10.1. The second-order valence-corrected chi connectivity index (χ2v) is 3.80. The molecule has 1 heterocycles. The molecular formula is C9H17N4-. The molecule has 1 aliphatic rings. The molecule has 1 saturated heterocycles. The van der Waals surface area contributed by atoms with Crippen molar-refractivity contribution in [1.29, 1.82) is 5.26 Å². The van der Waals surface area contributed by atoms with Gasteiger partial charge in [-0.25, -0.2) is 0 Å². The van der Waals surface area contributed by atoms with Crippen LogP contribution in [0.3, 0.4) is 0 Å². The fourth-order valence-corrected chi connectivity index (χ4v) is 1.63. The lowest BCUT2D eigenvalue weighted by Crippen LogP contribution is -2.52. The zero-order chi connectivity index (χ0) is 9.84. The van der Waals surface area contributed by atoms with E-state index < -0.39 is 0 Å². The van der Waals surface area contributed by atoms with Crippen molar-refractivity contribution < 1.29 is 0 Å². The smallest absolute Gasteiger partial charge is 0.0638 e. The zero-order valence-corrected chi connectivity index (χ0v) is 8.32. The molecule has 1 N–H and O–H groups in total. The van der Waals surface area contributed by atoms with Crippen molar-refractivity contribution in [2.45, 2.75) is 32.4 Å². The molecule has 0 radical (unpaired) electrons. The number of hydrogen-bond donors (Lipinski definition) is 0. The monoisotopic (exact) mass is 181 g/mol. The first kappa shape index (κ1) is 10.5. The number of nitrogens with zero attached hydrogens (tertiary/aromatic N) is 3. The normalized spacial score (nSPS) is 26.2. The van der Waals surface area contributed by atoms with E-state index in [0.29, 0.717) is 12.5 Å². The Kier molecular flexibility index (Phi) is 3.67. The van der Waals surface area contributed by atoms with Gasteiger partial charge in [0.25, 0.3) is 0 Å². The average Bonchev–Trinajstić information content (AvgIpc) is 2.08. The molecule has 1 atom stereocenters. The van der Waals surface area contributed by atoms with E-state index in [0.717, 1.165) is 19.6 Å². The number of nitrogens with one attached hydrogen (secondary N) is 1. The van der Waals surface area contributed by atoms with E-state index in [4.69, 9.17) is 11.1 Å². The number of piperazine rings is 1. The van der Waals surface area contributed by atoms with Crippen LogP contribution < -0.4 is 0 Å². The van der Waals surface area contributed by atoms with E-state index in [1.165, 1.54) is 0 Å². The van der Waals surface area contributed by atoms with Gasteiger partial charge in [0.15, 0.2) is 0 Å². The maximum Gasteiger partial charge on any atom is 0.0638 e. The molecule has 0 aliphatic carbocycles. The van der Waals surface area contributed by atoms with Crippen LogP contribution in [0.25, 0.3) is 5.84 Å². The van der Waals surface area contributed by atoms with Gasteiger partial charge in [0.05, 0.1) is 12.5 Å². The van der Waals surface area contributed by atoms with Crippen molar-refractivity contribution in [2.75, 3.05) is 19.6 Å². The zero-order valence-electron chi connectivity index (χ0n) is 8.32. The minimum Gasteiger partial charge on any atom is -0.609 e. The Morgan fingerprint density at radius 2 is 2.23 bits per heavy atom. The van der Waals surface area contributed by atoms with Gasteiger partial charge in [-0.2, -0.15) is 5.26 Å². The van der Waals surface area contributed by atoms with Crippen molar-refractivity contribution in [3.8, 4) is 6.07 Å². The lowest BCUT2D eigenvalue weighted by atomic mass is 10.1. The van der Waals surface area contributed by atoms with Gasteiger partial charge in [0.1, 0.15) is 0 Å². The molecule has 74 valence electrons. The van der Waals surface area contributed by atoms with E-state index in [-0.39, 0.29) is 6.04 Å². The standard InChI is InChI=1S/C9H17N4/c1-8(2)12-5-6-13(11)9(7-12)3-4-10/h8-9,11H,3,5-7H2,1-2H3/q-1/t9-/m0/s1. The van der Waals surface area contributed by atoms with Gasteiger partial charge in [-0.3, -0.25) is 4.90 Å². The third-order valence-corrected chi connectivity index (χ3v) is 2.57. The largest absolute Gasteiger partial charge is 0.609 e. The summed E-state index contributed by atoms with van der Waals surface area (Å²) in [4.78, 5) is 2.33. The van der Waals surface area contributed by atoms with Gasteiger partial charge in [-0.05, 0) is 20.4 Å². The number of rotatable bonds is 2. The van der Waals surface area contributed by atoms with E-state index in [2.05, 4.69) is 24.8 Å². The van der Waals surface area contributed by atoms with Crippen LogP contribution in [-0.2, 0) is 0 Å². The summed E-state index contributed by atoms with van der Waals surface area (Å²) in [6.07, 6.45) is 0.465. The van der Waals surface area contributed by atoms with Gasteiger partial charge in [0.2, 0.25) is 0 Å². The number of hydrogen-bond acceptors (Lipinski definition) is 3. The third kappa shape index (κ3) is 2.66. The highest BCUT2D eigenvalue weighted by Crippen LogP contribution is 2.14. The maximum atomic E-state index is 8.58. The van der Waals surface area contributed by atoms with Crippen LogP contribution >= 0.6 is 0 Å². The van der Waals surface area contributed by atoms with Crippen LogP contribution in [-0.4, -0.2) is 41.6 Å². The van der Waals surface area contributed by atoms with Crippen LogP contribution in [0.5, 0.6) is 0 Å². The molecule has 1 fully saturated rings. The van der Waals surface area contributed by atoms with Gasteiger partial charge in [-0.15, -0.1) is 0 Å². The first-order valence-electron chi connectivity index (χ1n) is 4.74. The first-order valence-corrected chi connectivity index (χ1v) is 4.74. The maximum absolute atomic E-state index is 8.58. The molecule has 1 aliphatic heterocycles. The van der Waals surface area contributed by atoms with Crippen LogP contribution in [0.15, 0.2) is 0 Å². The van der Waals surface area contributed by atoms with Gasteiger partial charge >= 0.3 is 0 Å². The number of nitriles is 1. The lowest BCUT2D eigenvalue weighted by molar-refractivity contribution is 0.0902. The summed E-state index contributed by atoms with van der Waals surface area (Å²) in [6.45, 7) is 6.87. The SMILES string of the molecule is CC(C)N1CCN([NH-])[C@@H](CC#N)C1. The Bertz CT molecular complexity index is 196. The Morgan fingerprint density at radius 1 is 1.54 bits per heavy atom. The van der Waals surface area contributed by atoms with E-state index in [1.54, 1.807) is 5.01 Å². The van der Waals surface area contributed by atoms with Crippen molar-refractivity contribution in [2.24, 2.45) is 0 Å². The van der Waals surface area contributed by atoms with Crippen molar-refractivity contribution >= 4 is 0 Å².